The van der Waals surface area contributed by atoms with E-state index in [1.54, 1.807) is 6.20 Å². The standard InChI is InChI=1S/C13H13NO/c1-10-7-11(2)9-12(8-10)15-13-5-3-4-6-14-13/h3-9H,1-2H3. The second-order valence-corrected chi connectivity index (χ2v) is 3.59. The highest BCUT2D eigenvalue weighted by Gasteiger charge is 1.99. The maximum absolute atomic E-state index is 5.63. The van der Waals surface area contributed by atoms with Gasteiger partial charge in [0.15, 0.2) is 0 Å². The second-order valence-electron chi connectivity index (χ2n) is 3.59. The molecule has 0 radical (unpaired) electrons. The molecule has 2 heteroatoms. The van der Waals surface area contributed by atoms with Crippen LogP contribution in [0.4, 0.5) is 0 Å². The van der Waals surface area contributed by atoms with Crippen LogP contribution in [0, 0.1) is 13.8 Å². The highest BCUT2D eigenvalue weighted by Crippen LogP contribution is 2.21. The molecular weight excluding hydrogens is 186 g/mol. The zero-order valence-corrected chi connectivity index (χ0v) is 8.90. The van der Waals surface area contributed by atoms with Crippen molar-refractivity contribution in [2.24, 2.45) is 0 Å². The predicted octanol–water partition coefficient (Wildman–Crippen LogP) is 3.49. The molecule has 0 aliphatic heterocycles. The summed E-state index contributed by atoms with van der Waals surface area (Å²) in [5.74, 6) is 1.47. The van der Waals surface area contributed by atoms with Gasteiger partial charge in [-0.3, -0.25) is 0 Å². The molecule has 76 valence electrons. The van der Waals surface area contributed by atoms with Crippen LogP contribution in [-0.4, -0.2) is 4.98 Å². The summed E-state index contributed by atoms with van der Waals surface area (Å²) in [5, 5.41) is 0. The Kier molecular flexibility index (Phi) is 2.68. The Morgan fingerprint density at radius 1 is 1.00 bits per heavy atom. The molecule has 2 aromatic rings. The molecule has 0 saturated carbocycles. The highest BCUT2D eigenvalue weighted by molar-refractivity contribution is 5.35. The fourth-order valence-electron chi connectivity index (χ4n) is 1.52. The number of aryl methyl sites for hydroxylation is 2. The smallest absolute Gasteiger partial charge is 0.219 e. The summed E-state index contributed by atoms with van der Waals surface area (Å²) in [6.45, 7) is 4.11. The lowest BCUT2D eigenvalue weighted by atomic mass is 10.1. The monoisotopic (exact) mass is 199 g/mol. The zero-order valence-electron chi connectivity index (χ0n) is 8.90. The predicted molar refractivity (Wildman–Crippen MR) is 60.2 cm³/mol. The summed E-state index contributed by atoms with van der Waals surface area (Å²) < 4.78 is 5.63. The summed E-state index contributed by atoms with van der Waals surface area (Å²) in [7, 11) is 0. The molecule has 1 aromatic carbocycles. The lowest BCUT2D eigenvalue weighted by molar-refractivity contribution is 0.462. The van der Waals surface area contributed by atoms with Crippen LogP contribution in [0.5, 0.6) is 11.6 Å². The normalized spacial score (nSPS) is 10.0. The molecule has 0 amide bonds. The molecule has 0 aliphatic rings. The Labute approximate surface area is 89.6 Å². The molecule has 1 heterocycles. The van der Waals surface area contributed by atoms with Crippen molar-refractivity contribution in [1.82, 2.24) is 4.98 Å². The van der Waals surface area contributed by atoms with Crippen LogP contribution < -0.4 is 4.74 Å². The Hall–Kier alpha value is -1.83. The zero-order chi connectivity index (χ0) is 10.7. The van der Waals surface area contributed by atoms with Crippen molar-refractivity contribution < 1.29 is 4.74 Å². The number of hydrogen-bond acceptors (Lipinski definition) is 2. The summed E-state index contributed by atoms with van der Waals surface area (Å²) in [6.07, 6.45) is 1.72. The van der Waals surface area contributed by atoms with Gasteiger partial charge in [-0.15, -0.1) is 0 Å². The summed E-state index contributed by atoms with van der Waals surface area (Å²) >= 11 is 0. The molecule has 0 atom stereocenters. The molecule has 0 saturated heterocycles. The molecule has 0 aliphatic carbocycles. The van der Waals surface area contributed by atoms with Gasteiger partial charge in [-0.2, -0.15) is 0 Å². The number of pyridine rings is 1. The average Bonchev–Trinajstić information content (AvgIpc) is 2.17. The Morgan fingerprint density at radius 3 is 2.33 bits per heavy atom. The Bertz CT molecular complexity index is 431. The van der Waals surface area contributed by atoms with Crippen molar-refractivity contribution in [3.05, 3.63) is 53.7 Å². The summed E-state index contributed by atoms with van der Waals surface area (Å²) in [6, 6.07) is 11.7. The van der Waals surface area contributed by atoms with Gasteiger partial charge >= 0.3 is 0 Å². The van der Waals surface area contributed by atoms with Crippen molar-refractivity contribution in [1.29, 1.82) is 0 Å². The summed E-state index contributed by atoms with van der Waals surface area (Å²) in [4.78, 5) is 4.11. The quantitative estimate of drug-likeness (QED) is 0.738. The van der Waals surface area contributed by atoms with Crippen LogP contribution in [-0.2, 0) is 0 Å². The first-order chi connectivity index (χ1) is 7.24. The molecule has 2 nitrogen and oxygen atoms in total. The summed E-state index contributed by atoms with van der Waals surface area (Å²) in [5.41, 5.74) is 2.39. The van der Waals surface area contributed by atoms with Gasteiger partial charge in [0.1, 0.15) is 5.75 Å². The Balaban J connectivity index is 2.25. The van der Waals surface area contributed by atoms with Gasteiger partial charge in [0.2, 0.25) is 5.88 Å². The van der Waals surface area contributed by atoms with E-state index >= 15 is 0 Å². The van der Waals surface area contributed by atoms with Gasteiger partial charge in [0.05, 0.1) is 0 Å². The van der Waals surface area contributed by atoms with Gasteiger partial charge in [0, 0.05) is 12.3 Å². The SMILES string of the molecule is Cc1cc(C)cc(Oc2ccccn2)c1. The number of rotatable bonds is 2. The Morgan fingerprint density at radius 2 is 1.73 bits per heavy atom. The van der Waals surface area contributed by atoms with Crippen molar-refractivity contribution in [3.8, 4) is 11.6 Å². The molecule has 0 bridgehead atoms. The van der Waals surface area contributed by atoms with Crippen LogP contribution in [0.1, 0.15) is 11.1 Å². The molecular formula is C13H13NO. The van der Waals surface area contributed by atoms with E-state index in [9.17, 15) is 0 Å². The van der Waals surface area contributed by atoms with Crippen LogP contribution >= 0.6 is 0 Å². The van der Waals surface area contributed by atoms with E-state index in [2.05, 4.69) is 24.9 Å². The van der Waals surface area contributed by atoms with Gasteiger partial charge in [0.25, 0.3) is 0 Å². The van der Waals surface area contributed by atoms with E-state index in [0.29, 0.717) is 5.88 Å². The topological polar surface area (TPSA) is 22.1 Å². The molecule has 2 rings (SSSR count). The third kappa shape index (κ3) is 2.56. The maximum Gasteiger partial charge on any atom is 0.219 e. The van der Waals surface area contributed by atoms with Gasteiger partial charge in [-0.25, -0.2) is 4.98 Å². The fourth-order valence-corrected chi connectivity index (χ4v) is 1.52. The second kappa shape index (κ2) is 4.13. The molecule has 1 aromatic heterocycles. The van der Waals surface area contributed by atoms with E-state index in [-0.39, 0.29) is 0 Å². The molecule has 0 N–H and O–H groups in total. The largest absolute Gasteiger partial charge is 0.439 e. The lowest BCUT2D eigenvalue weighted by Crippen LogP contribution is -1.88. The molecule has 0 unspecified atom stereocenters. The van der Waals surface area contributed by atoms with Crippen LogP contribution in [0.3, 0.4) is 0 Å². The number of nitrogens with zero attached hydrogens (tertiary/aromatic N) is 1. The minimum Gasteiger partial charge on any atom is -0.439 e. The molecule has 0 spiro atoms. The van der Waals surface area contributed by atoms with Crippen LogP contribution in [0.15, 0.2) is 42.6 Å². The first-order valence-electron chi connectivity index (χ1n) is 4.91. The van der Waals surface area contributed by atoms with Crippen molar-refractivity contribution in [3.63, 3.8) is 0 Å². The molecule has 15 heavy (non-hydrogen) atoms. The first-order valence-corrected chi connectivity index (χ1v) is 4.91. The van der Waals surface area contributed by atoms with Gasteiger partial charge < -0.3 is 4.74 Å². The van der Waals surface area contributed by atoms with Crippen LogP contribution in [0.2, 0.25) is 0 Å². The van der Waals surface area contributed by atoms with Gasteiger partial charge in [-0.05, 0) is 43.2 Å². The third-order valence-corrected chi connectivity index (χ3v) is 2.06. The fraction of sp³-hybridized carbons (Fsp3) is 0.154. The van der Waals surface area contributed by atoms with Crippen molar-refractivity contribution in [2.45, 2.75) is 13.8 Å². The van der Waals surface area contributed by atoms with Crippen LogP contribution in [0.25, 0.3) is 0 Å². The van der Waals surface area contributed by atoms with Gasteiger partial charge in [-0.1, -0.05) is 12.1 Å². The highest BCUT2D eigenvalue weighted by atomic mass is 16.5. The van der Waals surface area contributed by atoms with E-state index in [0.717, 1.165) is 5.75 Å². The minimum atomic E-state index is 0.627. The minimum absolute atomic E-state index is 0.627. The first kappa shape index (κ1) is 9.71. The number of ether oxygens (including phenoxy) is 1. The van der Waals surface area contributed by atoms with Crippen molar-refractivity contribution >= 4 is 0 Å². The third-order valence-electron chi connectivity index (χ3n) is 2.06. The number of benzene rings is 1. The lowest BCUT2D eigenvalue weighted by Gasteiger charge is -2.06. The van der Waals surface area contributed by atoms with E-state index < -0.39 is 0 Å². The van der Waals surface area contributed by atoms with E-state index in [1.165, 1.54) is 11.1 Å². The average molecular weight is 199 g/mol. The van der Waals surface area contributed by atoms with E-state index in [4.69, 9.17) is 4.74 Å². The molecule has 0 fully saturated rings. The van der Waals surface area contributed by atoms with E-state index in [1.807, 2.05) is 30.3 Å². The van der Waals surface area contributed by atoms with Crippen molar-refractivity contribution in [2.75, 3.05) is 0 Å². The number of aromatic nitrogens is 1. The maximum atomic E-state index is 5.63. The number of hydrogen-bond donors (Lipinski definition) is 0.